The lowest BCUT2D eigenvalue weighted by Crippen LogP contribution is -2.08. The van der Waals surface area contributed by atoms with E-state index in [1.807, 2.05) is 12.1 Å². The highest BCUT2D eigenvalue weighted by Gasteiger charge is 2.13. The molecular formula is C14H20BrN3. The van der Waals surface area contributed by atoms with Crippen LogP contribution in [0.5, 0.6) is 0 Å². The summed E-state index contributed by atoms with van der Waals surface area (Å²) >= 11 is 3.51. The van der Waals surface area contributed by atoms with Gasteiger partial charge < -0.3 is 10.3 Å². The van der Waals surface area contributed by atoms with Gasteiger partial charge in [-0.25, -0.2) is 4.98 Å². The van der Waals surface area contributed by atoms with Gasteiger partial charge in [0.15, 0.2) is 0 Å². The lowest BCUT2D eigenvalue weighted by Gasteiger charge is -2.15. The minimum absolute atomic E-state index is 0.399. The minimum Gasteiger partial charge on any atom is -0.369 e. The SMILES string of the molecule is CCCCCC(C)n1c(N)nc2ccc(Br)cc21. The molecule has 1 aromatic carbocycles. The maximum Gasteiger partial charge on any atom is 0.201 e. The van der Waals surface area contributed by atoms with E-state index >= 15 is 0 Å². The van der Waals surface area contributed by atoms with Gasteiger partial charge in [-0.15, -0.1) is 0 Å². The summed E-state index contributed by atoms with van der Waals surface area (Å²) in [5.74, 6) is 0.618. The fourth-order valence-corrected chi connectivity index (χ4v) is 2.72. The summed E-state index contributed by atoms with van der Waals surface area (Å²) in [7, 11) is 0. The number of imidazole rings is 1. The Balaban J connectivity index is 2.30. The van der Waals surface area contributed by atoms with E-state index in [0.717, 1.165) is 21.9 Å². The molecule has 98 valence electrons. The average molecular weight is 310 g/mol. The molecule has 0 amide bonds. The third kappa shape index (κ3) is 2.69. The van der Waals surface area contributed by atoms with Gasteiger partial charge in [-0.3, -0.25) is 0 Å². The molecule has 1 aromatic heterocycles. The molecule has 0 aliphatic carbocycles. The minimum atomic E-state index is 0.399. The predicted molar refractivity (Wildman–Crippen MR) is 80.7 cm³/mol. The molecule has 0 saturated heterocycles. The molecule has 2 N–H and O–H groups in total. The van der Waals surface area contributed by atoms with Crippen molar-refractivity contribution < 1.29 is 0 Å². The van der Waals surface area contributed by atoms with Crippen molar-refractivity contribution in [2.24, 2.45) is 0 Å². The van der Waals surface area contributed by atoms with Crippen LogP contribution in [0, 0.1) is 0 Å². The van der Waals surface area contributed by atoms with Crippen LogP contribution in [0.25, 0.3) is 11.0 Å². The van der Waals surface area contributed by atoms with Crippen molar-refractivity contribution in [3.8, 4) is 0 Å². The zero-order chi connectivity index (χ0) is 13.1. The summed E-state index contributed by atoms with van der Waals surface area (Å²) in [4.78, 5) is 4.42. The number of aromatic nitrogens is 2. The van der Waals surface area contributed by atoms with E-state index in [2.05, 4.69) is 45.4 Å². The summed E-state index contributed by atoms with van der Waals surface area (Å²) in [5.41, 5.74) is 8.13. The topological polar surface area (TPSA) is 43.8 Å². The number of anilines is 1. The largest absolute Gasteiger partial charge is 0.369 e. The maximum absolute atomic E-state index is 6.05. The van der Waals surface area contributed by atoms with E-state index in [1.165, 1.54) is 19.3 Å². The van der Waals surface area contributed by atoms with Gasteiger partial charge in [-0.1, -0.05) is 42.1 Å². The monoisotopic (exact) mass is 309 g/mol. The molecule has 0 aliphatic heterocycles. The molecule has 1 atom stereocenters. The van der Waals surface area contributed by atoms with E-state index in [1.54, 1.807) is 0 Å². The van der Waals surface area contributed by atoms with Crippen LogP contribution in [0.15, 0.2) is 22.7 Å². The smallest absolute Gasteiger partial charge is 0.201 e. The molecule has 0 radical (unpaired) electrons. The molecule has 1 unspecified atom stereocenters. The first-order valence-electron chi connectivity index (χ1n) is 6.56. The Morgan fingerprint density at radius 3 is 2.89 bits per heavy atom. The van der Waals surface area contributed by atoms with Crippen LogP contribution >= 0.6 is 15.9 Å². The molecule has 18 heavy (non-hydrogen) atoms. The Labute approximate surface area is 117 Å². The molecule has 0 bridgehead atoms. The van der Waals surface area contributed by atoms with E-state index in [4.69, 9.17) is 5.73 Å². The summed E-state index contributed by atoms with van der Waals surface area (Å²) in [5, 5.41) is 0. The highest BCUT2D eigenvalue weighted by molar-refractivity contribution is 9.10. The summed E-state index contributed by atoms with van der Waals surface area (Å²) in [6, 6.07) is 6.50. The van der Waals surface area contributed by atoms with E-state index in [0.29, 0.717) is 12.0 Å². The van der Waals surface area contributed by atoms with Gasteiger partial charge in [-0.05, 0) is 31.5 Å². The van der Waals surface area contributed by atoms with Crippen molar-refractivity contribution in [2.75, 3.05) is 5.73 Å². The molecule has 1 heterocycles. The third-order valence-corrected chi connectivity index (χ3v) is 3.84. The van der Waals surface area contributed by atoms with Crippen molar-refractivity contribution in [1.82, 2.24) is 9.55 Å². The molecule has 0 spiro atoms. The quantitative estimate of drug-likeness (QED) is 0.825. The standard InChI is InChI=1S/C14H20BrN3/c1-3-4-5-6-10(2)18-13-9-11(15)7-8-12(13)17-14(18)16/h7-10H,3-6H2,1-2H3,(H2,16,17). The number of nitrogen functional groups attached to an aromatic ring is 1. The first-order chi connectivity index (χ1) is 8.63. The van der Waals surface area contributed by atoms with Gasteiger partial charge in [0.1, 0.15) is 0 Å². The Morgan fingerprint density at radius 1 is 1.39 bits per heavy atom. The predicted octanol–water partition coefficient (Wildman–Crippen LogP) is 4.52. The van der Waals surface area contributed by atoms with Gasteiger partial charge in [-0.2, -0.15) is 0 Å². The van der Waals surface area contributed by atoms with Crippen molar-refractivity contribution in [1.29, 1.82) is 0 Å². The van der Waals surface area contributed by atoms with Gasteiger partial charge in [0.2, 0.25) is 5.95 Å². The van der Waals surface area contributed by atoms with Crippen LogP contribution < -0.4 is 5.73 Å². The maximum atomic E-state index is 6.05. The number of unbranched alkanes of at least 4 members (excludes halogenated alkanes) is 2. The van der Waals surface area contributed by atoms with Crippen LogP contribution in [0.3, 0.4) is 0 Å². The highest BCUT2D eigenvalue weighted by atomic mass is 79.9. The fraction of sp³-hybridized carbons (Fsp3) is 0.500. The lowest BCUT2D eigenvalue weighted by atomic mass is 10.1. The van der Waals surface area contributed by atoms with Crippen molar-refractivity contribution >= 4 is 32.9 Å². The second-order valence-electron chi connectivity index (χ2n) is 4.82. The molecule has 2 rings (SSSR count). The summed E-state index contributed by atoms with van der Waals surface area (Å²) in [6.45, 7) is 4.44. The highest BCUT2D eigenvalue weighted by Crippen LogP contribution is 2.27. The van der Waals surface area contributed by atoms with Crippen LogP contribution in [0.2, 0.25) is 0 Å². The molecule has 0 fully saturated rings. The molecule has 4 heteroatoms. The van der Waals surface area contributed by atoms with Crippen molar-refractivity contribution in [3.05, 3.63) is 22.7 Å². The van der Waals surface area contributed by atoms with Crippen LogP contribution in [0.1, 0.15) is 45.6 Å². The Bertz CT molecular complexity index is 533. The lowest BCUT2D eigenvalue weighted by molar-refractivity contribution is 0.492. The van der Waals surface area contributed by atoms with Gasteiger partial charge in [0, 0.05) is 10.5 Å². The first kappa shape index (κ1) is 13.4. The number of fused-ring (bicyclic) bond motifs is 1. The van der Waals surface area contributed by atoms with E-state index in [-0.39, 0.29) is 0 Å². The van der Waals surface area contributed by atoms with Crippen LogP contribution in [-0.2, 0) is 0 Å². The summed E-state index contributed by atoms with van der Waals surface area (Å²) in [6.07, 6.45) is 4.92. The fourth-order valence-electron chi connectivity index (χ4n) is 2.37. The molecule has 0 saturated carbocycles. The zero-order valence-corrected chi connectivity index (χ0v) is 12.6. The summed E-state index contributed by atoms with van der Waals surface area (Å²) < 4.78 is 3.22. The van der Waals surface area contributed by atoms with Gasteiger partial charge in [0.05, 0.1) is 11.0 Å². The van der Waals surface area contributed by atoms with E-state index < -0.39 is 0 Å². The molecule has 2 aromatic rings. The third-order valence-electron chi connectivity index (χ3n) is 3.35. The molecular weight excluding hydrogens is 290 g/mol. The Kier molecular flexibility index (Phi) is 4.27. The molecule has 3 nitrogen and oxygen atoms in total. The van der Waals surface area contributed by atoms with Gasteiger partial charge in [0.25, 0.3) is 0 Å². The van der Waals surface area contributed by atoms with E-state index in [9.17, 15) is 0 Å². The molecule has 0 aliphatic rings. The van der Waals surface area contributed by atoms with Gasteiger partial charge >= 0.3 is 0 Å². The number of hydrogen-bond donors (Lipinski definition) is 1. The number of nitrogens with two attached hydrogens (primary N) is 1. The second-order valence-corrected chi connectivity index (χ2v) is 5.73. The number of hydrogen-bond acceptors (Lipinski definition) is 2. The number of halogens is 1. The normalized spacial score (nSPS) is 13.1. The number of benzene rings is 1. The van der Waals surface area contributed by atoms with Crippen LogP contribution in [-0.4, -0.2) is 9.55 Å². The first-order valence-corrected chi connectivity index (χ1v) is 7.35. The van der Waals surface area contributed by atoms with Crippen molar-refractivity contribution in [3.63, 3.8) is 0 Å². The number of nitrogens with zero attached hydrogens (tertiary/aromatic N) is 2. The Hall–Kier alpha value is -1.03. The average Bonchev–Trinajstić information content (AvgIpc) is 2.64. The second kappa shape index (κ2) is 5.74. The zero-order valence-electron chi connectivity index (χ0n) is 11.0. The van der Waals surface area contributed by atoms with Crippen molar-refractivity contribution in [2.45, 2.75) is 45.6 Å². The number of rotatable bonds is 5. The Morgan fingerprint density at radius 2 is 2.17 bits per heavy atom. The van der Waals surface area contributed by atoms with Crippen LogP contribution in [0.4, 0.5) is 5.95 Å².